The van der Waals surface area contributed by atoms with Gasteiger partial charge in [-0.1, -0.05) is 0 Å². The van der Waals surface area contributed by atoms with Crippen LogP contribution in [0.1, 0.15) is 0 Å². The minimum atomic E-state index is -4.78. The maximum Gasteiger partial charge on any atom is 0.296 e. The van der Waals surface area contributed by atoms with Crippen LogP contribution in [0.25, 0.3) is 0 Å². The van der Waals surface area contributed by atoms with Crippen molar-refractivity contribution in [3.8, 4) is 0 Å². The second-order valence-electron chi connectivity index (χ2n) is 4.85. The molecule has 0 saturated heterocycles. The summed E-state index contributed by atoms with van der Waals surface area (Å²) < 4.78 is 88.3. The van der Waals surface area contributed by atoms with Crippen molar-refractivity contribution in [2.75, 3.05) is 11.5 Å². The van der Waals surface area contributed by atoms with Gasteiger partial charge in [0.25, 0.3) is 20.2 Å². The van der Waals surface area contributed by atoms with E-state index in [0.29, 0.717) is 12.1 Å². The van der Waals surface area contributed by atoms with E-state index in [2.05, 4.69) is 0 Å². The fourth-order valence-corrected chi connectivity index (χ4v) is 4.69. The molecule has 13 heteroatoms. The van der Waals surface area contributed by atoms with E-state index in [1.165, 1.54) is 0 Å². The Hall–Kier alpha value is -2.19. The van der Waals surface area contributed by atoms with Crippen molar-refractivity contribution in [1.82, 2.24) is 0 Å². The lowest BCUT2D eigenvalue weighted by Crippen LogP contribution is -2.09. The van der Waals surface area contributed by atoms with Gasteiger partial charge in [-0.3, -0.25) is 9.11 Å². The molecule has 25 heavy (non-hydrogen) atoms. The van der Waals surface area contributed by atoms with Crippen LogP contribution < -0.4 is 11.5 Å². The Kier molecular flexibility index (Phi) is 4.56. The highest BCUT2D eigenvalue weighted by atomic mass is 32.2. The molecule has 10 nitrogen and oxygen atoms in total. The van der Waals surface area contributed by atoms with E-state index >= 15 is 0 Å². The molecule has 6 N–H and O–H groups in total. The molecule has 0 aliphatic rings. The van der Waals surface area contributed by atoms with Crippen LogP contribution in [0.3, 0.4) is 0 Å². The molecule has 2 aromatic rings. The summed E-state index contributed by atoms with van der Waals surface area (Å²) >= 11 is 0. The number of nitrogen functional groups attached to an aromatic ring is 2. The first-order valence-electron chi connectivity index (χ1n) is 6.24. The molecule has 0 spiro atoms. The average Bonchev–Trinajstić information content (AvgIpc) is 2.45. The van der Waals surface area contributed by atoms with E-state index in [-0.39, 0.29) is 11.4 Å². The van der Waals surface area contributed by atoms with Gasteiger partial charge in [0.2, 0.25) is 9.84 Å². The molecule has 0 fully saturated rings. The molecular weight excluding hydrogens is 396 g/mol. The van der Waals surface area contributed by atoms with Gasteiger partial charge in [-0.15, -0.1) is 0 Å². The molecule has 2 aromatic carbocycles. The second-order valence-corrected chi connectivity index (χ2v) is 9.58. The van der Waals surface area contributed by atoms with E-state index in [0.717, 1.165) is 24.3 Å². The highest BCUT2D eigenvalue weighted by molar-refractivity contribution is 7.91. The number of rotatable bonds is 4. The summed E-state index contributed by atoms with van der Waals surface area (Å²) in [6.45, 7) is 0. The summed E-state index contributed by atoms with van der Waals surface area (Å²) in [6, 6.07) is 5.12. The van der Waals surface area contributed by atoms with Crippen LogP contribution >= 0.6 is 0 Å². The van der Waals surface area contributed by atoms with Gasteiger partial charge < -0.3 is 11.5 Å². The van der Waals surface area contributed by atoms with Gasteiger partial charge in [-0.25, -0.2) is 8.42 Å². The van der Waals surface area contributed by atoms with Crippen molar-refractivity contribution >= 4 is 41.4 Å². The zero-order valence-corrected chi connectivity index (χ0v) is 14.6. The molecule has 0 atom stereocenters. The van der Waals surface area contributed by atoms with Gasteiger partial charge >= 0.3 is 0 Å². The Labute approximate surface area is 143 Å². The van der Waals surface area contributed by atoms with Crippen molar-refractivity contribution in [3.05, 3.63) is 36.4 Å². The average molecular weight is 408 g/mol. The van der Waals surface area contributed by atoms with Gasteiger partial charge in [-0.2, -0.15) is 16.8 Å². The number of hydrogen-bond acceptors (Lipinski definition) is 8. The summed E-state index contributed by atoms with van der Waals surface area (Å²) in [5.74, 6) is 0. The number of anilines is 2. The zero-order chi connectivity index (χ0) is 19.2. The number of sulfone groups is 1. The van der Waals surface area contributed by atoms with E-state index < -0.39 is 49.7 Å². The summed E-state index contributed by atoms with van der Waals surface area (Å²) in [5, 5.41) is 0. The lowest BCUT2D eigenvalue weighted by molar-refractivity contribution is 0.481. The fourth-order valence-electron chi connectivity index (χ4n) is 1.95. The summed E-state index contributed by atoms with van der Waals surface area (Å²) in [6.07, 6.45) is 0. The minimum Gasteiger partial charge on any atom is -0.398 e. The van der Waals surface area contributed by atoms with E-state index in [1.807, 2.05) is 0 Å². The molecule has 136 valence electrons. The highest BCUT2D eigenvalue weighted by Crippen LogP contribution is 2.29. The Morgan fingerprint density at radius 2 is 0.960 bits per heavy atom. The monoisotopic (exact) mass is 408 g/mol. The lowest BCUT2D eigenvalue weighted by atomic mass is 10.3. The molecule has 0 aliphatic heterocycles. The molecule has 0 aromatic heterocycles. The zero-order valence-electron chi connectivity index (χ0n) is 12.2. The predicted octanol–water partition coefficient (Wildman–Crippen LogP) is 0.177. The molecule has 0 unspecified atom stereocenters. The molecular formula is C12H12N2O8S3. The lowest BCUT2D eigenvalue weighted by Gasteiger charge is -2.10. The molecule has 0 heterocycles. The number of nitrogens with two attached hydrogens (primary N) is 2. The van der Waals surface area contributed by atoms with Crippen molar-refractivity contribution < 1.29 is 34.4 Å². The molecule has 0 bridgehead atoms. The van der Waals surface area contributed by atoms with Crippen LogP contribution in [0.2, 0.25) is 0 Å². The third kappa shape index (κ3) is 3.74. The maximum atomic E-state index is 12.6. The van der Waals surface area contributed by atoms with Crippen molar-refractivity contribution in [2.24, 2.45) is 0 Å². The van der Waals surface area contributed by atoms with Crippen LogP contribution in [-0.2, 0) is 30.1 Å². The molecule has 0 amide bonds. The Morgan fingerprint density at radius 1 is 0.640 bits per heavy atom. The third-order valence-corrected chi connectivity index (χ3v) is 6.71. The normalized spacial score (nSPS) is 12.9. The van der Waals surface area contributed by atoms with Crippen LogP contribution in [0.15, 0.2) is 56.0 Å². The molecule has 0 aliphatic carbocycles. The first-order chi connectivity index (χ1) is 11.2. The van der Waals surface area contributed by atoms with Gasteiger partial charge in [0.05, 0.1) is 21.2 Å². The molecule has 2 rings (SSSR count). The Balaban J connectivity index is 2.73. The van der Waals surface area contributed by atoms with E-state index in [4.69, 9.17) is 20.6 Å². The van der Waals surface area contributed by atoms with Crippen molar-refractivity contribution in [2.45, 2.75) is 19.6 Å². The van der Waals surface area contributed by atoms with Crippen molar-refractivity contribution in [3.63, 3.8) is 0 Å². The van der Waals surface area contributed by atoms with Gasteiger partial charge in [-0.05, 0) is 36.4 Å². The van der Waals surface area contributed by atoms with Gasteiger partial charge in [0, 0.05) is 0 Å². The molecule has 0 radical (unpaired) electrons. The summed E-state index contributed by atoms with van der Waals surface area (Å²) in [7, 11) is -14.0. The SMILES string of the molecule is Nc1ccc(S(=O)(=O)c2ccc(N)c(S(=O)(=O)O)c2)cc1S(=O)(=O)O. The first kappa shape index (κ1) is 19.1. The first-order valence-corrected chi connectivity index (χ1v) is 10.6. The molecule has 0 saturated carbocycles. The quantitative estimate of drug-likeness (QED) is 0.400. The topological polar surface area (TPSA) is 195 Å². The minimum absolute atomic E-state index is 0.377. The smallest absolute Gasteiger partial charge is 0.296 e. The van der Waals surface area contributed by atoms with Crippen LogP contribution in [-0.4, -0.2) is 34.4 Å². The third-order valence-electron chi connectivity index (χ3n) is 3.15. The largest absolute Gasteiger partial charge is 0.398 e. The van der Waals surface area contributed by atoms with Gasteiger partial charge in [0.15, 0.2) is 0 Å². The van der Waals surface area contributed by atoms with Crippen LogP contribution in [0.5, 0.6) is 0 Å². The fraction of sp³-hybridized carbons (Fsp3) is 0. The van der Waals surface area contributed by atoms with Crippen LogP contribution in [0, 0.1) is 0 Å². The second kappa shape index (κ2) is 5.96. The Bertz CT molecular complexity index is 1080. The van der Waals surface area contributed by atoms with Gasteiger partial charge in [0.1, 0.15) is 9.79 Å². The summed E-state index contributed by atoms with van der Waals surface area (Å²) in [4.78, 5) is -2.78. The Morgan fingerprint density at radius 3 is 1.24 bits per heavy atom. The number of hydrogen-bond donors (Lipinski definition) is 4. The van der Waals surface area contributed by atoms with Crippen molar-refractivity contribution in [1.29, 1.82) is 0 Å². The van der Waals surface area contributed by atoms with E-state index in [1.54, 1.807) is 0 Å². The predicted molar refractivity (Wildman–Crippen MR) is 86.8 cm³/mol. The van der Waals surface area contributed by atoms with E-state index in [9.17, 15) is 25.3 Å². The standard InChI is InChI=1S/C12H12N2O8S3/c13-9-3-1-7(5-11(9)24(17,18)19)23(15,16)8-2-4-10(14)12(6-8)25(20,21)22/h1-6H,13-14H2,(H,17,18,19)(H,20,21,22). The highest BCUT2D eigenvalue weighted by Gasteiger charge is 2.25. The summed E-state index contributed by atoms with van der Waals surface area (Å²) in [5.41, 5.74) is 10.0. The number of benzene rings is 2. The van der Waals surface area contributed by atoms with Crippen LogP contribution in [0.4, 0.5) is 11.4 Å². The maximum absolute atomic E-state index is 12.6.